The van der Waals surface area contributed by atoms with Crippen molar-refractivity contribution in [2.45, 2.75) is 19.2 Å². The smallest absolute Gasteiger partial charge is 0.387 e. The summed E-state index contributed by atoms with van der Waals surface area (Å²) in [4.78, 5) is 24.4. The number of urea groups is 1. The Morgan fingerprint density at radius 3 is 2.39 bits per heavy atom. The Kier molecular flexibility index (Phi) is 7.28. The van der Waals surface area contributed by atoms with E-state index >= 15 is 0 Å². The summed E-state index contributed by atoms with van der Waals surface area (Å²) in [5.74, 6) is -0.464. The summed E-state index contributed by atoms with van der Waals surface area (Å²) in [6.45, 7) is -2.62. The summed E-state index contributed by atoms with van der Waals surface area (Å²) < 4.78 is 34.5. The van der Waals surface area contributed by atoms with Crippen LogP contribution >= 0.6 is 0 Å². The van der Waals surface area contributed by atoms with Gasteiger partial charge >= 0.3 is 12.6 Å². The Morgan fingerprint density at radius 2 is 1.82 bits per heavy atom. The molecule has 0 radical (unpaired) electrons. The van der Waals surface area contributed by atoms with Crippen LogP contribution in [0.15, 0.2) is 48.5 Å². The molecule has 1 unspecified atom stereocenters. The molecule has 2 aromatic carbocycles. The van der Waals surface area contributed by atoms with Crippen molar-refractivity contribution in [3.05, 3.63) is 59.7 Å². The second-order valence-electron chi connectivity index (χ2n) is 6.08. The van der Waals surface area contributed by atoms with Crippen molar-refractivity contribution >= 4 is 11.9 Å². The van der Waals surface area contributed by atoms with Gasteiger partial charge in [0.2, 0.25) is 0 Å². The number of methoxy groups -OCH3 is 1. The fraction of sp³-hybridized carbons (Fsp3) is 0.263. The van der Waals surface area contributed by atoms with Crippen LogP contribution in [0.3, 0.4) is 0 Å². The largest absolute Gasteiger partial charge is 0.493 e. The van der Waals surface area contributed by atoms with E-state index in [0.29, 0.717) is 12.1 Å². The summed E-state index contributed by atoms with van der Waals surface area (Å²) in [6.07, 6.45) is 0. The zero-order valence-corrected chi connectivity index (χ0v) is 15.4. The molecule has 150 valence electrons. The van der Waals surface area contributed by atoms with Crippen LogP contribution in [-0.2, 0) is 11.3 Å². The van der Waals surface area contributed by atoms with E-state index < -0.39 is 24.6 Å². The second kappa shape index (κ2) is 9.65. The third kappa shape index (κ3) is 5.65. The van der Waals surface area contributed by atoms with Gasteiger partial charge in [0.1, 0.15) is 6.54 Å². The van der Waals surface area contributed by atoms with Crippen molar-refractivity contribution in [1.82, 2.24) is 5.32 Å². The number of likely N-dealkylation sites (N-methyl/N-ethyl adjacent to an activating group) is 1. The van der Waals surface area contributed by atoms with Crippen LogP contribution in [0.4, 0.5) is 13.6 Å². The van der Waals surface area contributed by atoms with Gasteiger partial charge in [-0.1, -0.05) is 30.3 Å². The van der Waals surface area contributed by atoms with Gasteiger partial charge in [-0.05, 0) is 18.2 Å². The molecule has 2 rings (SSSR count). The minimum absolute atomic E-state index is 0.0787. The first-order valence-electron chi connectivity index (χ1n) is 8.41. The Labute approximate surface area is 161 Å². The number of halogens is 2. The highest BCUT2D eigenvalue weighted by Crippen LogP contribution is 2.29. The van der Waals surface area contributed by atoms with Crippen LogP contribution in [0.25, 0.3) is 0 Å². The number of imide groups is 1. The van der Waals surface area contributed by atoms with Crippen LogP contribution in [0.1, 0.15) is 17.2 Å². The SMILES string of the molecule is COc1cc(C[NH+](C)[C@@H](C(=O)NC(N)=O)c2ccccc2)ccc1OC(F)F. The molecule has 0 saturated carbocycles. The summed E-state index contributed by atoms with van der Waals surface area (Å²) >= 11 is 0. The quantitative estimate of drug-likeness (QED) is 0.628. The van der Waals surface area contributed by atoms with Crippen LogP contribution < -0.4 is 25.4 Å². The first-order valence-corrected chi connectivity index (χ1v) is 8.41. The van der Waals surface area contributed by atoms with E-state index in [0.717, 1.165) is 10.5 Å². The van der Waals surface area contributed by atoms with Crippen LogP contribution in [0.2, 0.25) is 0 Å². The van der Waals surface area contributed by atoms with Gasteiger partial charge in [-0.2, -0.15) is 8.78 Å². The molecule has 0 spiro atoms. The fourth-order valence-corrected chi connectivity index (χ4v) is 2.94. The highest BCUT2D eigenvalue weighted by atomic mass is 19.3. The molecule has 0 aliphatic rings. The molecule has 0 aliphatic heterocycles. The van der Waals surface area contributed by atoms with E-state index in [1.54, 1.807) is 43.4 Å². The molecule has 28 heavy (non-hydrogen) atoms. The second-order valence-corrected chi connectivity index (χ2v) is 6.08. The van der Waals surface area contributed by atoms with Gasteiger partial charge in [0.15, 0.2) is 17.5 Å². The average Bonchev–Trinajstić information content (AvgIpc) is 2.63. The van der Waals surface area contributed by atoms with E-state index in [1.165, 1.54) is 13.2 Å². The maximum absolute atomic E-state index is 12.5. The summed E-state index contributed by atoms with van der Waals surface area (Å²) in [5, 5.41) is 2.11. The first kappa shape index (κ1) is 21.1. The number of nitrogens with one attached hydrogen (secondary N) is 2. The third-order valence-corrected chi connectivity index (χ3v) is 4.06. The topological polar surface area (TPSA) is 95.1 Å². The monoisotopic (exact) mass is 394 g/mol. The molecule has 0 bridgehead atoms. The zero-order valence-electron chi connectivity index (χ0n) is 15.4. The van der Waals surface area contributed by atoms with Gasteiger partial charge in [-0.25, -0.2) is 4.79 Å². The lowest BCUT2D eigenvalue weighted by atomic mass is 10.0. The number of ether oxygens (including phenoxy) is 2. The van der Waals surface area contributed by atoms with Crippen molar-refractivity contribution in [1.29, 1.82) is 0 Å². The van der Waals surface area contributed by atoms with E-state index in [2.05, 4.69) is 10.1 Å². The number of hydrogen-bond donors (Lipinski definition) is 3. The summed E-state index contributed by atoms with van der Waals surface area (Å²) in [7, 11) is 3.12. The molecule has 9 heteroatoms. The number of rotatable bonds is 8. The maximum Gasteiger partial charge on any atom is 0.387 e. The molecule has 0 saturated heterocycles. The number of benzene rings is 2. The molecule has 4 N–H and O–H groups in total. The van der Waals surface area contributed by atoms with Crippen molar-refractivity contribution < 1.29 is 32.7 Å². The van der Waals surface area contributed by atoms with Gasteiger partial charge in [0, 0.05) is 11.1 Å². The molecular formula is C19H22F2N3O4+. The number of carbonyl (C=O) groups is 2. The number of alkyl halides is 2. The minimum Gasteiger partial charge on any atom is -0.493 e. The Morgan fingerprint density at radius 1 is 1.14 bits per heavy atom. The van der Waals surface area contributed by atoms with Gasteiger partial charge in [0.05, 0.1) is 14.2 Å². The Hall–Kier alpha value is -3.20. The first-order chi connectivity index (χ1) is 13.3. The molecule has 7 nitrogen and oxygen atoms in total. The molecular weight excluding hydrogens is 372 g/mol. The summed E-state index contributed by atoms with van der Waals surface area (Å²) in [6, 6.07) is 11.8. The standard InChI is InChI=1S/C19H21F2N3O4/c1-24(11-12-8-9-14(28-18(20)21)15(10-12)27-2)16(17(25)23-19(22)26)13-6-4-3-5-7-13/h3-10,16,18H,11H2,1-2H3,(H3,22,23,25,26)/p+1/t16-/m1/s1. The highest BCUT2D eigenvalue weighted by Gasteiger charge is 2.30. The van der Waals surface area contributed by atoms with E-state index in [-0.39, 0.29) is 11.5 Å². The minimum atomic E-state index is -2.96. The zero-order chi connectivity index (χ0) is 20.7. The Balaban J connectivity index is 2.26. The van der Waals surface area contributed by atoms with E-state index in [9.17, 15) is 18.4 Å². The molecule has 0 heterocycles. The number of nitrogens with two attached hydrogens (primary N) is 1. The van der Waals surface area contributed by atoms with E-state index in [4.69, 9.17) is 10.5 Å². The van der Waals surface area contributed by atoms with Gasteiger partial charge in [-0.15, -0.1) is 0 Å². The molecule has 0 aliphatic carbocycles. The lowest BCUT2D eigenvalue weighted by molar-refractivity contribution is -0.916. The van der Waals surface area contributed by atoms with Crippen LogP contribution in [0, 0.1) is 0 Å². The predicted molar refractivity (Wildman–Crippen MR) is 97.1 cm³/mol. The molecule has 3 amide bonds. The van der Waals surface area contributed by atoms with E-state index in [1.807, 2.05) is 6.07 Å². The predicted octanol–water partition coefficient (Wildman–Crippen LogP) is 1.25. The van der Waals surface area contributed by atoms with Crippen LogP contribution in [-0.4, -0.2) is 32.7 Å². The number of quaternary nitrogens is 1. The Bertz CT molecular complexity index is 818. The maximum atomic E-state index is 12.5. The molecule has 2 atom stereocenters. The number of amides is 3. The number of carbonyl (C=O) groups excluding carboxylic acids is 2. The highest BCUT2D eigenvalue weighted by molar-refractivity contribution is 5.96. The van der Waals surface area contributed by atoms with Gasteiger partial charge in [0.25, 0.3) is 5.91 Å². The van der Waals surface area contributed by atoms with Crippen molar-refractivity contribution in [2.24, 2.45) is 5.73 Å². The summed E-state index contributed by atoms with van der Waals surface area (Å²) in [5.41, 5.74) is 6.51. The average molecular weight is 394 g/mol. The lowest BCUT2D eigenvalue weighted by Gasteiger charge is -2.24. The normalized spacial score (nSPS) is 12.9. The lowest BCUT2D eigenvalue weighted by Crippen LogP contribution is -3.09. The molecule has 0 aromatic heterocycles. The van der Waals surface area contributed by atoms with Crippen LogP contribution in [0.5, 0.6) is 11.5 Å². The molecule has 2 aromatic rings. The number of hydrogen-bond acceptors (Lipinski definition) is 4. The van der Waals surface area contributed by atoms with Crippen molar-refractivity contribution in [3.63, 3.8) is 0 Å². The van der Waals surface area contributed by atoms with Gasteiger partial charge in [-0.3, -0.25) is 10.1 Å². The third-order valence-electron chi connectivity index (χ3n) is 4.06. The molecule has 0 fully saturated rings. The van der Waals surface area contributed by atoms with Crippen molar-refractivity contribution in [2.75, 3.05) is 14.2 Å². The van der Waals surface area contributed by atoms with Crippen molar-refractivity contribution in [3.8, 4) is 11.5 Å². The number of primary amides is 1. The fourth-order valence-electron chi connectivity index (χ4n) is 2.94. The van der Waals surface area contributed by atoms with Gasteiger partial charge < -0.3 is 20.1 Å².